The number of carbonyl (C=O) groups excluding carboxylic acids is 1. The Kier molecular flexibility index (Phi) is 5.80. The van der Waals surface area contributed by atoms with Crippen molar-refractivity contribution < 1.29 is 14.0 Å². The third kappa shape index (κ3) is 4.55. The van der Waals surface area contributed by atoms with Crippen molar-refractivity contribution in [1.29, 1.82) is 0 Å². The van der Waals surface area contributed by atoms with Crippen molar-refractivity contribution >= 4 is 14.6 Å². The lowest BCUT2D eigenvalue weighted by atomic mass is 10.1. The number of aldehydes is 1. The molecule has 5 heteroatoms. The average Bonchev–Trinajstić information content (AvgIpc) is 2.59. The summed E-state index contributed by atoms with van der Waals surface area (Å²) >= 11 is 0. The van der Waals surface area contributed by atoms with Crippen LogP contribution in [-0.4, -0.2) is 26.7 Å². The Hall–Kier alpha value is -1.98. The molecule has 0 spiro atoms. The molecule has 0 aliphatic heterocycles. The van der Waals surface area contributed by atoms with Gasteiger partial charge in [-0.1, -0.05) is 51.1 Å². The summed E-state index contributed by atoms with van der Waals surface area (Å²) in [4.78, 5) is 15.8. The van der Waals surface area contributed by atoms with E-state index in [1.54, 1.807) is 13.2 Å². The van der Waals surface area contributed by atoms with Gasteiger partial charge in [-0.25, -0.2) is 4.98 Å². The van der Waals surface area contributed by atoms with Gasteiger partial charge in [-0.2, -0.15) is 0 Å². The minimum Gasteiger partial charge on any atom is -0.497 e. The number of pyridine rings is 1. The molecule has 0 unspecified atom stereocenters. The third-order valence-electron chi connectivity index (χ3n) is 4.78. The van der Waals surface area contributed by atoms with Crippen molar-refractivity contribution in [2.24, 2.45) is 0 Å². The van der Waals surface area contributed by atoms with Crippen molar-refractivity contribution in [2.45, 2.75) is 45.0 Å². The number of nitrogens with zero attached hydrogens (tertiary/aromatic N) is 1. The fourth-order valence-electron chi connectivity index (χ4n) is 2.26. The fraction of sp³-hybridized carbons (Fsp3) is 0.400. The van der Waals surface area contributed by atoms with E-state index in [0.29, 0.717) is 17.1 Å². The van der Waals surface area contributed by atoms with E-state index in [4.69, 9.17) is 9.16 Å². The Bertz CT molecular complexity index is 723. The van der Waals surface area contributed by atoms with Crippen LogP contribution < -0.4 is 4.74 Å². The van der Waals surface area contributed by atoms with Gasteiger partial charge in [0, 0.05) is 12.1 Å². The smallest absolute Gasteiger partial charge is 0.193 e. The standard InChI is InChI=1S/C20H27NO3Si/c1-20(2,3)25(5,6)24-19(15-10-8-7-9-11-15)18-13-17(23-4)12-16(14-22)21-18/h7-14,19H,1-6H3/t19-/m1/s1. The molecule has 134 valence electrons. The Morgan fingerprint density at radius 1 is 1.12 bits per heavy atom. The summed E-state index contributed by atoms with van der Waals surface area (Å²) in [6.45, 7) is 11.0. The Morgan fingerprint density at radius 2 is 1.76 bits per heavy atom. The minimum absolute atomic E-state index is 0.0619. The number of hydrogen-bond acceptors (Lipinski definition) is 4. The number of benzene rings is 1. The molecule has 0 radical (unpaired) electrons. The van der Waals surface area contributed by atoms with Crippen LogP contribution in [0.2, 0.25) is 18.1 Å². The lowest BCUT2D eigenvalue weighted by molar-refractivity contribution is 0.111. The second-order valence-electron chi connectivity index (χ2n) is 7.64. The van der Waals surface area contributed by atoms with Crippen LogP contribution >= 0.6 is 0 Å². The zero-order chi connectivity index (χ0) is 18.7. The van der Waals surface area contributed by atoms with Crippen LogP contribution in [0, 0.1) is 0 Å². The van der Waals surface area contributed by atoms with Gasteiger partial charge in [-0.05, 0) is 23.7 Å². The van der Waals surface area contributed by atoms with Gasteiger partial charge in [-0.15, -0.1) is 0 Å². The predicted octanol–water partition coefficient (Wildman–Crippen LogP) is 5.01. The Morgan fingerprint density at radius 3 is 2.28 bits per heavy atom. The molecule has 2 aromatic rings. The van der Waals surface area contributed by atoms with Gasteiger partial charge in [0.2, 0.25) is 0 Å². The quantitative estimate of drug-likeness (QED) is 0.538. The summed E-state index contributed by atoms with van der Waals surface area (Å²) in [5.41, 5.74) is 2.05. The van der Waals surface area contributed by atoms with Crippen LogP contribution in [0.5, 0.6) is 5.75 Å². The average molecular weight is 358 g/mol. The molecular weight excluding hydrogens is 330 g/mol. The molecule has 0 saturated heterocycles. The van der Waals surface area contributed by atoms with E-state index in [9.17, 15) is 4.79 Å². The minimum atomic E-state index is -2.06. The van der Waals surface area contributed by atoms with Crippen molar-refractivity contribution in [2.75, 3.05) is 7.11 Å². The first-order valence-corrected chi connectivity index (χ1v) is 11.3. The van der Waals surface area contributed by atoms with E-state index in [2.05, 4.69) is 38.8 Å². The summed E-state index contributed by atoms with van der Waals surface area (Å²) in [7, 11) is -0.475. The van der Waals surface area contributed by atoms with Crippen LogP contribution in [0.3, 0.4) is 0 Å². The van der Waals surface area contributed by atoms with E-state index < -0.39 is 8.32 Å². The molecular formula is C20H27NO3Si. The molecule has 0 aliphatic rings. The number of hydrogen-bond donors (Lipinski definition) is 0. The van der Waals surface area contributed by atoms with Crippen molar-refractivity contribution in [3.8, 4) is 5.75 Å². The molecule has 0 aliphatic carbocycles. The highest BCUT2D eigenvalue weighted by Crippen LogP contribution is 2.41. The summed E-state index contributed by atoms with van der Waals surface area (Å²) in [6, 6.07) is 13.5. The van der Waals surface area contributed by atoms with Gasteiger partial charge in [0.25, 0.3) is 0 Å². The van der Waals surface area contributed by atoms with Crippen molar-refractivity contribution in [3.63, 3.8) is 0 Å². The van der Waals surface area contributed by atoms with E-state index in [0.717, 1.165) is 11.8 Å². The molecule has 25 heavy (non-hydrogen) atoms. The van der Waals surface area contributed by atoms with Crippen LogP contribution in [0.4, 0.5) is 0 Å². The topological polar surface area (TPSA) is 48.4 Å². The summed E-state index contributed by atoms with van der Waals surface area (Å²) in [5.74, 6) is 0.604. The number of ether oxygens (including phenoxy) is 1. The van der Waals surface area contributed by atoms with Crippen LogP contribution in [0.1, 0.15) is 48.6 Å². The normalized spacial score (nSPS) is 13.4. The molecule has 0 amide bonds. The monoisotopic (exact) mass is 357 g/mol. The molecule has 4 nitrogen and oxygen atoms in total. The van der Waals surface area contributed by atoms with Gasteiger partial charge >= 0.3 is 0 Å². The van der Waals surface area contributed by atoms with Gasteiger partial charge in [0.1, 0.15) is 17.5 Å². The SMILES string of the molecule is COc1cc(C=O)nc([C@H](O[Si](C)(C)C(C)(C)C)c2ccccc2)c1. The number of methoxy groups -OCH3 is 1. The first-order chi connectivity index (χ1) is 11.7. The molecule has 0 N–H and O–H groups in total. The first-order valence-electron chi connectivity index (χ1n) is 8.42. The van der Waals surface area contributed by atoms with E-state index in [1.165, 1.54) is 0 Å². The zero-order valence-electron chi connectivity index (χ0n) is 15.9. The second-order valence-corrected chi connectivity index (χ2v) is 12.4. The molecule has 0 bridgehead atoms. The molecule has 1 aromatic heterocycles. The zero-order valence-corrected chi connectivity index (χ0v) is 16.9. The molecule has 0 saturated carbocycles. The van der Waals surface area contributed by atoms with Crippen LogP contribution in [0.25, 0.3) is 0 Å². The first kappa shape index (κ1) is 19.3. The van der Waals surface area contributed by atoms with Crippen LogP contribution in [-0.2, 0) is 4.43 Å². The van der Waals surface area contributed by atoms with Crippen molar-refractivity contribution in [3.05, 3.63) is 59.4 Å². The highest BCUT2D eigenvalue weighted by molar-refractivity contribution is 6.74. The highest BCUT2D eigenvalue weighted by atomic mass is 28.4. The lowest BCUT2D eigenvalue weighted by Crippen LogP contribution is -2.42. The molecule has 1 heterocycles. The lowest BCUT2D eigenvalue weighted by Gasteiger charge is -2.39. The molecule has 1 aromatic carbocycles. The fourth-order valence-corrected chi connectivity index (χ4v) is 3.46. The van der Waals surface area contributed by atoms with Gasteiger partial charge in [0.05, 0.1) is 12.8 Å². The van der Waals surface area contributed by atoms with Gasteiger partial charge < -0.3 is 9.16 Å². The van der Waals surface area contributed by atoms with Crippen molar-refractivity contribution in [1.82, 2.24) is 4.98 Å². The predicted molar refractivity (Wildman–Crippen MR) is 103 cm³/mol. The van der Waals surface area contributed by atoms with Crippen LogP contribution in [0.15, 0.2) is 42.5 Å². The van der Waals surface area contributed by atoms with Gasteiger partial charge in [-0.3, -0.25) is 4.79 Å². The van der Waals surface area contributed by atoms with E-state index >= 15 is 0 Å². The maximum Gasteiger partial charge on any atom is 0.193 e. The maximum atomic E-state index is 11.3. The van der Waals surface area contributed by atoms with Gasteiger partial charge in [0.15, 0.2) is 14.6 Å². The summed E-state index contributed by atoms with van der Waals surface area (Å²) < 4.78 is 12.0. The number of rotatable bonds is 6. The third-order valence-corrected chi connectivity index (χ3v) is 9.22. The maximum absolute atomic E-state index is 11.3. The second kappa shape index (κ2) is 7.50. The number of carbonyl (C=O) groups is 1. The van der Waals surface area contributed by atoms with E-state index in [1.807, 2.05) is 36.4 Å². The number of aromatic nitrogens is 1. The Labute approximate surface area is 151 Å². The molecule has 1 atom stereocenters. The summed E-state index contributed by atoms with van der Waals surface area (Å²) in [5, 5.41) is 0.0619. The highest BCUT2D eigenvalue weighted by Gasteiger charge is 2.40. The molecule has 0 fully saturated rings. The largest absolute Gasteiger partial charge is 0.497 e. The Balaban J connectivity index is 2.55. The summed E-state index contributed by atoms with van der Waals surface area (Å²) in [6.07, 6.45) is 0.399. The molecule has 2 rings (SSSR count). The van der Waals surface area contributed by atoms with E-state index in [-0.39, 0.29) is 11.1 Å².